The normalized spacial score (nSPS) is 12.8. The van der Waals surface area contributed by atoms with Gasteiger partial charge in [0, 0.05) is 23.7 Å². The van der Waals surface area contributed by atoms with Gasteiger partial charge in [-0.05, 0) is 19.0 Å². The molecule has 0 aliphatic heterocycles. The Kier molecular flexibility index (Phi) is 4.07. The summed E-state index contributed by atoms with van der Waals surface area (Å²) < 4.78 is 0. The molecule has 0 aliphatic carbocycles. The first-order valence-electron chi connectivity index (χ1n) is 6.05. The van der Waals surface area contributed by atoms with Gasteiger partial charge in [0.2, 0.25) is 0 Å². The second-order valence-electron chi connectivity index (χ2n) is 4.14. The van der Waals surface area contributed by atoms with Crippen LogP contribution in [0.1, 0.15) is 25.0 Å². The van der Waals surface area contributed by atoms with Crippen LogP contribution in [0.2, 0.25) is 0 Å². The van der Waals surface area contributed by atoms with E-state index < -0.39 is 6.10 Å². The number of para-hydroxylation sites is 1. The Morgan fingerprint density at radius 2 is 2.12 bits per heavy atom. The molecule has 3 heteroatoms. The third-order valence-corrected chi connectivity index (χ3v) is 2.79. The lowest BCUT2D eigenvalue weighted by Gasteiger charge is -2.13. The number of benzene rings is 1. The van der Waals surface area contributed by atoms with Crippen LogP contribution in [0.4, 0.5) is 0 Å². The monoisotopic (exact) mass is 230 g/mol. The third-order valence-electron chi connectivity index (χ3n) is 2.79. The summed E-state index contributed by atoms with van der Waals surface area (Å²) in [4.78, 5) is 4.34. The second-order valence-corrected chi connectivity index (χ2v) is 4.14. The average Bonchev–Trinajstić information content (AvgIpc) is 2.38. The van der Waals surface area contributed by atoms with Crippen LogP contribution in [0.5, 0.6) is 0 Å². The van der Waals surface area contributed by atoms with Crippen molar-refractivity contribution in [2.75, 3.05) is 13.1 Å². The Balaban J connectivity index is 2.22. The molecule has 0 saturated carbocycles. The molecule has 1 heterocycles. The Labute approximate surface area is 102 Å². The molecule has 0 spiro atoms. The van der Waals surface area contributed by atoms with Crippen LogP contribution in [0.3, 0.4) is 0 Å². The van der Waals surface area contributed by atoms with E-state index in [1.54, 1.807) is 6.20 Å². The quantitative estimate of drug-likeness (QED) is 0.774. The minimum Gasteiger partial charge on any atom is -0.387 e. The fraction of sp³-hybridized carbons (Fsp3) is 0.357. The highest BCUT2D eigenvalue weighted by Crippen LogP contribution is 2.21. The van der Waals surface area contributed by atoms with Crippen LogP contribution in [-0.4, -0.2) is 23.2 Å². The van der Waals surface area contributed by atoms with Crippen LogP contribution in [0.15, 0.2) is 36.5 Å². The van der Waals surface area contributed by atoms with E-state index in [1.165, 1.54) is 0 Å². The molecule has 0 aliphatic rings. The first kappa shape index (κ1) is 12.0. The predicted molar refractivity (Wildman–Crippen MR) is 69.9 cm³/mol. The summed E-state index contributed by atoms with van der Waals surface area (Å²) >= 11 is 0. The van der Waals surface area contributed by atoms with Gasteiger partial charge >= 0.3 is 0 Å². The van der Waals surface area contributed by atoms with Crippen LogP contribution < -0.4 is 5.32 Å². The molecule has 1 aromatic heterocycles. The van der Waals surface area contributed by atoms with Crippen LogP contribution in [-0.2, 0) is 0 Å². The van der Waals surface area contributed by atoms with E-state index in [1.807, 2.05) is 30.3 Å². The van der Waals surface area contributed by atoms with Crippen molar-refractivity contribution in [3.8, 4) is 0 Å². The molecule has 0 fully saturated rings. The Hall–Kier alpha value is -1.45. The molecule has 2 aromatic rings. The number of aliphatic hydroxyl groups excluding tert-OH is 1. The zero-order valence-electron chi connectivity index (χ0n) is 10.1. The molecule has 2 rings (SSSR count). The van der Waals surface area contributed by atoms with E-state index in [0.717, 1.165) is 29.4 Å². The number of hydrogen-bond acceptors (Lipinski definition) is 3. The van der Waals surface area contributed by atoms with Gasteiger partial charge in [-0.25, -0.2) is 0 Å². The van der Waals surface area contributed by atoms with Crippen molar-refractivity contribution in [1.82, 2.24) is 10.3 Å². The summed E-state index contributed by atoms with van der Waals surface area (Å²) in [5.41, 5.74) is 1.78. The molecule has 2 N–H and O–H groups in total. The van der Waals surface area contributed by atoms with Gasteiger partial charge in [0.1, 0.15) is 0 Å². The average molecular weight is 230 g/mol. The number of nitrogens with one attached hydrogen (secondary N) is 1. The van der Waals surface area contributed by atoms with Gasteiger partial charge in [-0.15, -0.1) is 0 Å². The number of aromatic nitrogens is 1. The molecule has 1 unspecified atom stereocenters. The highest BCUT2D eigenvalue weighted by atomic mass is 16.3. The number of fused-ring (bicyclic) bond motifs is 1. The van der Waals surface area contributed by atoms with Crippen molar-refractivity contribution < 1.29 is 5.11 Å². The zero-order chi connectivity index (χ0) is 12.1. The van der Waals surface area contributed by atoms with Gasteiger partial charge in [0.05, 0.1) is 11.6 Å². The number of nitrogens with zero attached hydrogens (tertiary/aromatic N) is 1. The second kappa shape index (κ2) is 5.75. The minimum absolute atomic E-state index is 0.500. The lowest BCUT2D eigenvalue weighted by atomic mass is 10.0. The van der Waals surface area contributed by atoms with Gasteiger partial charge in [-0.2, -0.15) is 0 Å². The fourth-order valence-corrected chi connectivity index (χ4v) is 1.92. The Morgan fingerprint density at radius 3 is 2.94 bits per heavy atom. The Bertz CT molecular complexity index is 479. The SMILES string of the molecule is CCCNCC(O)c1cccc2cccnc12. The van der Waals surface area contributed by atoms with Gasteiger partial charge in [0.15, 0.2) is 0 Å². The van der Waals surface area contributed by atoms with E-state index in [4.69, 9.17) is 0 Å². The molecule has 90 valence electrons. The van der Waals surface area contributed by atoms with E-state index >= 15 is 0 Å². The first-order valence-corrected chi connectivity index (χ1v) is 6.05. The largest absolute Gasteiger partial charge is 0.387 e. The summed E-state index contributed by atoms with van der Waals surface area (Å²) in [6.07, 6.45) is 2.33. The maximum absolute atomic E-state index is 10.1. The van der Waals surface area contributed by atoms with Crippen molar-refractivity contribution in [2.24, 2.45) is 0 Å². The van der Waals surface area contributed by atoms with Gasteiger partial charge in [-0.3, -0.25) is 4.98 Å². The summed E-state index contributed by atoms with van der Waals surface area (Å²) in [6, 6.07) is 9.83. The van der Waals surface area contributed by atoms with Gasteiger partial charge in [0.25, 0.3) is 0 Å². The third kappa shape index (κ3) is 2.81. The first-order chi connectivity index (χ1) is 8.33. The van der Waals surface area contributed by atoms with Crippen LogP contribution in [0.25, 0.3) is 10.9 Å². The van der Waals surface area contributed by atoms with E-state index in [0.29, 0.717) is 6.54 Å². The maximum atomic E-state index is 10.1. The maximum Gasteiger partial charge on any atom is 0.0935 e. The highest BCUT2D eigenvalue weighted by molar-refractivity contribution is 5.81. The summed E-state index contributed by atoms with van der Waals surface area (Å²) in [6.45, 7) is 3.61. The molecule has 0 saturated heterocycles. The highest BCUT2D eigenvalue weighted by Gasteiger charge is 2.10. The molecule has 3 nitrogen and oxygen atoms in total. The number of rotatable bonds is 5. The molecule has 0 radical (unpaired) electrons. The zero-order valence-corrected chi connectivity index (χ0v) is 10.1. The molecule has 17 heavy (non-hydrogen) atoms. The van der Waals surface area contributed by atoms with Crippen molar-refractivity contribution in [2.45, 2.75) is 19.4 Å². The molecule has 0 bridgehead atoms. The van der Waals surface area contributed by atoms with Gasteiger partial charge < -0.3 is 10.4 Å². The fourth-order valence-electron chi connectivity index (χ4n) is 1.92. The van der Waals surface area contributed by atoms with Crippen molar-refractivity contribution in [3.05, 3.63) is 42.1 Å². The summed E-state index contributed by atoms with van der Waals surface area (Å²) in [7, 11) is 0. The molecule has 1 atom stereocenters. The number of pyridine rings is 1. The van der Waals surface area contributed by atoms with Crippen molar-refractivity contribution in [3.63, 3.8) is 0 Å². The van der Waals surface area contributed by atoms with E-state index in [9.17, 15) is 5.11 Å². The van der Waals surface area contributed by atoms with Crippen molar-refractivity contribution in [1.29, 1.82) is 0 Å². The van der Waals surface area contributed by atoms with E-state index in [-0.39, 0.29) is 0 Å². The van der Waals surface area contributed by atoms with Crippen LogP contribution >= 0.6 is 0 Å². The number of aliphatic hydroxyl groups is 1. The molecular weight excluding hydrogens is 212 g/mol. The topological polar surface area (TPSA) is 45.1 Å². The predicted octanol–water partition coefficient (Wildman–Crippen LogP) is 2.27. The molecule has 0 amide bonds. The van der Waals surface area contributed by atoms with Crippen molar-refractivity contribution >= 4 is 10.9 Å². The lowest BCUT2D eigenvalue weighted by molar-refractivity contribution is 0.176. The Morgan fingerprint density at radius 1 is 1.29 bits per heavy atom. The lowest BCUT2D eigenvalue weighted by Crippen LogP contribution is -2.22. The minimum atomic E-state index is -0.500. The molecular formula is C14H18N2O. The smallest absolute Gasteiger partial charge is 0.0935 e. The standard InChI is InChI=1S/C14H18N2O/c1-2-8-15-10-13(17)12-7-3-5-11-6-4-9-16-14(11)12/h3-7,9,13,15,17H,2,8,10H2,1H3. The van der Waals surface area contributed by atoms with Gasteiger partial charge in [-0.1, -0.05) is 31.2 Å². The van der Waals surface area contributed by atoms with Crippen LogP contribution in [0, 0.1) is 0 Å². The summed E-state index contributed by atoms with van der Waals surface area (Å²) in [5, 5.41) is 14.4. The summed E-state index contributed by atoms with van der Waals surface area (Å²) in [5.74, 6) is 0. The number of hydrogen-bond donors (Lipinski definition) is 2. The molecule has 1 aromatic carbocycles. The van der Waals surface area contributed by atoms with E-state index in [2.05, 4.69) is 17.2 Å².